The van der Waals surface area contributed by atoms with Crippen molar-refractivity contribution in [2.24, 2.45) is 0 Å². The van der Waals surface area contributed by atoms with Crippen molar-refractivity contribution >= 4 is 39.1 Å². The monoisotopic (exact) mass is 555 g/mol. The molecule has 0 saturated carbocycles. The second-order valence-electron chi connectivity index (χ2n) is 9.26. The molecule has 1 N–H and O–H groups in total. The highest BCUT2D eigenvalue weighted by molar-refractivity contribution is 7.92. The van der Waals surface area contributed by atoms with Gasteiger partial charge in [-0.2, -0.15) is 0 Å². The Kier molecular flexibility index (Phi) is 9.94. The van der Waals surface area contributed by atoms with E-state index < -0.39 is 28.5 Å². The average molecular weight is 556 g/mol. The number of benzene rings is 3. The Morgan fingerprint density at radius 3 is 2.11 bits per heavy atom. The van der Waals surface area contributed by atoms with Crippen LogP contribution in [0, 0.1) is 13.8 Å². The molecular weight excluding hydrogens is 522 g/mol. The lowest BCUT2D eigenvalue weighted by Gasteiger charge is -2.34. The Balaban J connectivity index is 2.08. The molecule has 0 radical (unpaired) electrons. The summed E-state index contributed by atoms with van der Waals surface area (Å²) in [5, 5.41) is 3.34. The summed E-state index contributed by atoms with van der Waals surface area (Å²) in [6.45, 7) is 5.45. The maximum atomic E-state index is 14.0. The summed E-state index contributed by atoms with van der Waals surface area (Å²) in [6.07, 6.45) is 1.35. The van der Waals surface area contributed by atoms with Gasteiger partial charge in [0.25, 0.3) is 0 Å². The lowest BCUT2D eigenvalue weighted by Crippen LogP contribution is -2.53. The van der Waals surface area contributed by atoms with Gasteiger partial charge in [-0.25, -0.2) is 8.42 Å². The van der Waals surface area contributed by atoms with E-state index in [1.807, 2.05) is 75.4 Å². The van der Waals surface area contributed by atoms with Crippen molar-refractivity contribution < 1.29 is 18.0 Å². The lowest BCUT2D eigenvalue weighted by atomic mass is 10.0. The summed E-state index contributed by atoms with van der Waals surface area (Å²) in [5.74, 6) is -0.810. The van der Waals surface area contributed by atoms with Crippen molar-refractivity contribution in [1.29, 1.82) is 0 Å². The first kappa shape index (κ1) is 29.2. The molecule has 2 amide bonds. The highest BCUT2D eigenvalue weighted by atomic mass is 35.5. The zero-order valence-electron chi connectivity index (χ0n) is 22.1. The van der Waals surface area contributed by atoms with Gasteiger partial charge in [-0.1, -0.05) is 72.3 Å². The third kappa shape index (κ3) is 7.58. The Labute approximate surface area is 230 Å². The predicted molar refractivity (Wildman–Crippen MR) is 153 cm³/mol. The fourth-order valence-electron chi connectivity index (χ4n) is 4.45. The van der Waals surface area contributed by atoms with Gasteiger partial charge < -0.3 is 10.2 Å². The highest BCUT2D eigenvalue weighted by Gasteiger charge is 2.33. The van der Waals surface area contributed by atoms with Gasteiger partial charge in [0.05, 0.1) is 11.9 Å². The van der Waals surface area contributed by atoms with E-state index in [1.54, 1.807) is 18.2 Å². The number of rotatable bonds is 11. The van der Waals surface area contributed by atoms with Crippen LogP contribution in [0.1, 0.15) is 29.2 Å². The van der Waals surface area contributed by atoms with E-state index in [9.17, 15) is 18.0 Å². The molecule has 3 aromatic carbocycles. The average Bonchev–Trinajstić information content (AvgIpc) is 2.85. The van der Waals surface area contributed by atoms with Gasteiger partial charge in [-0.05, 0) is 55.2 Å². The molecule has 0 bridgehead atoms. The molecule has 0 aliphatic heterocycles. The molecule has 3 aromatic rings. The first-order chi connectivity index (χ1) is 18.0. The van der Waals surface area contributed by atoms with Gasteiger partial charge in [0.1, 0.15) is 12.6 Å². The molecule has 0 spiro atoms. The number of nitrogens with one attached hydrogen (secondary N) is 1. The minimum Gasteiger partial charge on any atom is -0.355 e. The molecule has 38 heavy (non-hydrogen) atoms. The molecule has 1 atom stereocenters. The molecule has 1 unspecified atom stereocenters. The van der Waals surface area contributed by atoms with Crippen molar-refractivity contribution in [2.75, 3.05) is 23.7 Å². The maximum absolute atomic E-state index is 14.0. The van der Waals surface area contributed by atoms with Crippen molar-refractivity contribution in [3.63, 3.8) is 0 Å². The van der Waals surface area contributed by atoms with Crippen LogP contribution in [0.2, 0.25) is 5.02 Å². The molecular formula is C29H34ClN3O4S. The number of amides is 2. The van der Waals surface area contributed by atoms with Crippen LogP contribution >= 0.6 is 11.6 Å². The lowest BCUT2D eigenvalue weighted by molar-refractivity contribution is -0.140. The van der Waals surface area contributed by atoms with E-state index >= 15 is 0 Å². The number of sulfonamides is 1. The molecule has 9 heteroatoms. The fraction of sp³-hybridized carbons (Fsp3) is 0.310. The molecule has 202 valence electrons. The van der Waals surface area contributed by atoms with E-state index in [0.717, 1.165) is 32.8 Å². The Bertz CT molecular complexity index is 1360. The van der Waals surface area contributed by atoms with Crippen LogP contribution in [-0.2, 0) is 32.6 Å². The van der Waals surface area contributed by atoms with E-state index in [0.29, 0.717) is 17.3 Å². The number of halogens is 1. The zero-order valence-corrected chi connectivity index (χ0v) is 23.7. The molecule has 0 heterocycles. The molecule has 7 nitrogen and oxygen atoms in total. The molecule has 0 aliphatic rings. The van der Waals surface area contributed by atoms with Crippen LogP contribution in [0.4, 0.5) is 5.69 Å². The molecule has 0 fully saturated rings. The van der Waals surface area contributed by atoms with Crippen molar-refractivity contribution in [3.8, 4) is 0 Å². The van der Waals surface area contributed by atoms with Crippen LogP contribution < -0.4 is 9.62 Å². The molecule has 0 saturated heterocycles. The largest absolute Gasteiger partial charge is 0.355 e. The number of likely N-dealkylation sites (N-methyl/N-ethyl adjacent to an activating group) is 1. The Hall–Kier alpha value is -3.36. The first-order valence-electron chi connectivity index (χ1n) is 12.4. The number of carbonyl (C=O) groups is 2. The standard InChI is InChI=1S/C29H34ClN3O4S/c1-5-31-29(35)26(18-23-13-7-6-8-14-23)32(19-24-15-10-16-25(30)17-24)27(34)20-33(38(4,36)37)28-21(2)11-9-12-22(28)3/h6-17,26H,5,18-20H2,1-4H3,(H,31,35). The predicted octanol–water partition coefficient (Wildman–Crippen LogP) is 4.50. The molecule has 0 aromatic heterocycles. The maximum Gasteiger partial charge on any atom is 0.244 e. The summed E-state index contributed by atoms with van der Waals surface area (Å²) >= 11 is 6.22. The van der Waals surface area contributed by atoms with Crippen LogP contribution in [0.5, 0.6) is 0 Å². The fourth-order valence-corrected chi connectivity index (χ4v) is 5.63. The summed E-state index contributed by atoms with van der Waals surface area (Å²) in [6, 6.07) is 21.1. The number of anilines is 1. The third-order valence-corrected chi connectivity index (χ3v) is 7.58. The Morgan fingerprint density at radius 2 is 1.53 bits per heavy atom. The van der Waals surface area contributed by atoms with Crippen molar-refractivity contribution in [3.05, 3.63) is 100 Å². The van der Waals surface area contributed by atoms with Gasteiger partial charge in [0.2, 0.25) is 21.8 Å². The number of para-hydroxylation sites is 1. The zero-order chi connectivity index (χ0) is 27.9. The normalized spacial score (nSPS) is 12.0. The summed E-state index contributed by atoms with van der Waals surface area (Å²) in [4.78, 5) is 28.8. The Morgan fingerprint density at radius 1 is 0.921 bits per heavy atom. The third-order valence-electron chi connectivity index (χ3n) is 6.23. The number of carbonyl (C=O) groups excluding carboxylic acids is 2. The second-order valence-corrected chi connectivity index (χ2v) is 11.6. The number of hydrogen-bond acceptors (Lipinski definition) is 4. The summed E-state index contributed by atoms with van der Waals surface area (Å²) in [7, 11) is -3.82. The number of nitrogens with zero attached hydrogens (tertiary/aromatic N) is 2. The first-order valence-corrected chi connectivity index (χ1v) is 14.6. The van der Waals surface area contributed by atoms with Gasteiger partial charge >= 0.3 is 0 Å². The SMILES string of the molecule is CCNC(=O)C(Cc1ccccc1)N(Cc1cccc(Cl)c1)C(=O)CN(c1c(C)cccc1C)S(C)(=O)=O. The van der Waals surface area contributed by atoms with E-state index in [-0.39, 0.29) is 18.9 Å². The van der Waals surface area contributed by atoms with Crippen LogP contribution in [0.15, 0.2) is 72.8 Å². The van der Waals surface area contributed by atoms with Crippen LogP contribution in [-0.4, -0.2) is 50.5 Å². The molecule has 0 aliphatic carbocycles. The second kappa shape index (κ2) is 12.9. The topological polar surface area (TPSA) is 86.8 Å². The minimum atomic E-state index is -3.82. The van der Waals surface area contributed by atoms with E-state index in [4.69, 9.17) is 11.6 Å². The smallest absolute Gasteiger partial charge is 0.244 e. The number of aryl methyl sites for hydroxylation is 2. The van der Waals surface area contributed by atoms with Gasteiger partial charge in [0.15, 0.2) is 0 Å². The van der Waals surface area contributed by atoms with Crippen LogP contribution in [0.25, 0.3) is 0 Å². The highest BCUT2D eigenvalue weighted by Crippen LogP contribution is 2.27. The summed E-state index contributed by atoms with van der Waals surface area (Å²) < 4.78 is 27.0. The van der Waals surface area contributed by atoms with Gasteiger partial charge in [-0.15, -0.1) is 0 Å². The molecule has 3 rings (SSSR count). The van der Waals surface area contributed by atoms with Crippen LogP contribution in [0.3, 0.4) is 0 Å². The van der Waals surface area contributed by atoms with E-state index in [2.05, 4.69) is 5.32 Å². The quantitative estimate of drug-likeness (QED) is 0.377. The van der Waals surface area contributed by atoms with Gasteiger partial charge in [-0.3, -0.25) is 13.9 Å². The van der Waals surface area contributed by atoms with Gasteiger partial charge in [0, 0.05) is 24.5 Å². The van der Waals surface area contributed by atoms with Crippen molar-refractivity contribution in [2.45, 2.75) is 39.8 Å². The van der Waals surface area contributed by atoms with E-state index in [1.165, 1.54) is 4.90 Å². The summed E-state index contributed by atoms with van der Waals surface area (Å²) in [5.41, 5.74) is 3.53. The minimum absolute atomic E-state index is 0.0817. The van der Waals surface area contributed by atoms with Crippen molar-refractivity contribution in [1.82, 2.24) is 10.2 Å². The number of hydrogen-bond donors (Lipinski definition) is 1.